The lowest BCUT2D eigenvalue weighted by Gasteiger charge is -2.18. The van der Waals surface area contributed by atoms with Gasteiger partial charge in [-0.05, 0) is 44.2 Å². The summed E-state index contributed by atoms with van der Waals surface area (Å²) in [5.74, 6) is -0.193. The maximum atomic E-state index is 13.4. The normalized spacial score (nSPS) is 12.5. The SMILES string of the molecule is CC(C#N)N(C)CCc1cc(Br)ccc1F. The molecule has 0 radical (unpaired) electrons. The van der Waals surface area contributed by atoms with E-state index in [4.69, 9.17) is 5.26 Å². The van der Waals surface area contributed by atoms with Gasteiger partial charge in [-0.25, -0.2) is 4.39 Å². The molecule has 0 heterocycles. The number of likely N-dealkylation sites (N-methyl/N-ethyl adjacent to an activating group) is 1. The molecule has 0 saturated carbocycles. The van der Waals surface area contributed by atoms with Gasteiger partial charge in [0, 0.05) is 11.0 Å². The molecule has 1 rings (SSSR count). The molecular formula is C12H14BrFN2. The Morgan fingerprint density at radius 1 is 1.56 bits per heavy atom. The molecule has 0 saturated heterocycles. The second kappa shape index (κ2) is 5.97. The van der Waals surface area contributed by atoms with Gasteiger partial charge in [0.1, 0.15) is 5.82 Å². The van der Waals surface area contributed by atoms with Crippen LogP contribution in [-0.4, -0.2) is 24.5 Å². The third kappa shape index (κ3) is 3.58. The highest BCUT2D eigenvalue weighted by Crippen LogP contribution is 2.16. The van der Waals surface area contributed by atoms with E-state index in [0.717, 1.165) is 4.47 Å². The van der Waals surface area contributed by atoms with Crippen molar-refractivity contribution in [1.29, 1.82) is 5.26 Å². The molecule has 16 heavy (non-hydrogen) atoms. The molecular weight excluding hydrogens is 271 g/mol. The van der Waals surface area contributed by atoms with Gasteiger partial charge in [-0.1, -0.05) is 15.9 Å². The average Bonchev–Trinajstić information content (AvgIpc) is 2.28. The summed E-state index contributed by atoms with van der Waals surface area (Å²) in [6.07, 6.45) is 0.605. The van der Waals surface area contributed by atoms with Crippen LogP contribution in [0.15, 0.2) is 22.7 Å². The van der Waals surface area contributed by atoms with E-state index < -0.39 is 0 Å². The third-order valence-corrected chi connectivity index (χ3v) is 3.08. The lowest BCUT2D eigenvalue weighted by atomic mass is 10.1. The lowest BCUT2D eigenvalue weighted by Crippen LogP contribution is -2.29. The van der Waals surface area contributed by atoms with E-state index in [-0.39, 0.29) is 11.9 Å². The zero-order chi connectivity index (χ0) is 12.1. The predicted octanol–water partition coefficient (Wildman–Crippen LogP) is 2.97. The fourth-order valence-electron chi connectivity index (χ4n) is 1.32. The minimum atomic E-state index is -0.193. The molecule has 0 amide bonds. The van der Waals surface area contributed by atoms with Crippen LogP contribution >= 0.6 is 15.9 Å². The fraction of sp³-hybridized carbons (Fsp3) is 0.417. The van der Waals surface area contributed by atoms with Gasteiger partial charge in [0.05, 0.1) is 12.1 Å². The van der Waals surface area contributed by atoms with Crippen LogP contribution in [-0.2, 0) is 6.42 Å². The van der Waals surface area contributed by atoms with Crippen LogP contribution in [0, 0.1) is 17.1 Å². The van der Waals surface area contributed by atoms with Crippen molar-refractivity contribution in [2.75, 3.05) is 13.6 Å². The molecule has 0 aliphatic carbocycles. The Hall–Kier alpha value is -0.920. The maximum absolute atomic E-state index is 13.4. The number of hydrogen-bond donors (Lipinski definition) is 0. The van der Waals surface area contributed by atoms with E-state index in [1.807, 2.05) is 18.9 Å². The van der Waals surface area contributed by atoms with E-state index in [0.29, 0.717) is 18.5 Å². The lowest BCUT2D eigenvalue weighted by molar-refractivity contribution is 0.305. The Morgan fingerprint density at radius 3 is 2.88 bits per heavy atom. The summed E-state index contributed by atoms with van der Waals surface area (Å²) in [5, 5.41) is 8.73. The first-order valence-corrected chi connectivity index (χ1v) is 5.87. The molecule has 1 aromatic rings. The first kappa shape index (κ1) is 13.1. The van der Waals surface area contributed by atoms with Crippen molar-refractivity contribution < 1.29 is 4.39 Å². The van der Waals surface area contributed by atoms with Crippen LogP contribution in [0.2, 0.25) is 0 Å². The van der Waals surface area contributed by atoms with Gasteiger partial charge in [-0.2, -0.15) is 5.26 Å². The Morgan fingerprint density at radius 2 is 2.25 bits per heavy atom. The van der Waals surface area contributed by atoms with Crippen molar-refractivity contribution in [3.8, 4) is 6.07 Å². The van der Waals surface area contributed by atoms with Crippen molar-refractivity contribution in [3.05, 3.63) is 34.1 Å². The molecule has 0 aliphatic rings. The molecule has 0 aromatic heterocycles. The highest BCUT2D eigenvalue weighted by Gasteiger charge is 2.09. The van der Waals surface area contributed by atoms with Crippen LogP contribution in [0.1, 0.15) is 12.5 Å². The highest BCUT2D eigenvalue weighted by molar-refractivity contribution is 9.10. The number of rotatable bonds is 4. The van der Waals surface area contributed by atoms with Crippen LogP contribution < -0.4 is 0 Å². The zero-order valence-corrected chi connectivity index (χ0v) is 11.0. The molecule has 0 spiro atoms. The van der Waals surface area contributed by atoms with Crippen molar-refractivity contribution in [1.82, 2.24) is 4.90 Å². The van der Waals surface area contributed by atoms with Gasteiger partial charge in [-0.15, -0.1) is 0 Å². The molecule has 1 unspecified atom stereocenters. The minimum Gasteiger partial charge on any atom is -0.291 e. The Balaban J connectivity index is 2.61. The summed E-state index contributed by atoms with van der Waals surface area (Å²) < 4.78 is 14.3. The summed E-state index contributed by atoms with van der Waals surface area (Å²) in [6, 6.07) is 6.92. The molecule has 86 valence electrons. The Labute approximate surface area is 104 Å². The monoisotopic (exact) mass is 284 g/mol. The maximum Gasteiger partial charge on any atom is 0.126 e. The first-order valence-electron chi connectivity index (χ1n) is 5.08. The molecule has 0 N–H and O–H groups in total. The van der Waals surface area contributed by atoms with Gasteiger partial charge < -0.3 is 0 Å². The van der Waals surface area contributed by atoms with Gasteiger partial charge >= 0.3 is 0 Å². The van der Waals surface area contributed by atoms with E-state index >= 15 is 0 Å². The molecule has 1 aromatic carbocycles. The number of nitrogens with zero attached hydrogens (tertiary/aromatic N) is 2. The topological polar surface area (TPSA) is 27.0 Å². The van der Waals surface area contributed by atoms with E-state index in [2.05, 4.69) is 22.0 Å². The summed E-state index contributed by atoms with van der Waals surface area (Å²) in [4.78, 5) is 1.90. The summed E-state index contributed by atoms with van der Waals surface area (Å²) >= 11 is 3.31. The smallest absolute Gasteiger partial charge is 0.126 e. The fourth-order valence-corrected chi connectivity index (χ4v) is 1.73. The van der Waals surface area contributed by atoms with E-state index in [9.17, 15) is 4.39 Å². The second-order valence-electron chi connectivity index (χ2n) is 3.77. The number of halogens is 2. The molecule has 4 heteroatoms. The van der Waals surface area contributed by atoms with Crippen molar-refractivity contribution >= 4 is 15.9 Å². The predicted molar refractivity (Wildman–Crippen MR) is 65.5 cm³/mol. The number of benzene rings is 1. The van der Waals surface area contributed by atoms with Gasteiger partial charge in [0.2, 0.25) is 0 Å². The highest BCUT2D eigenvalue weighted by atomic mass is 79.9. The Bertz CT molecular complexity index is 400. The van der Waals surface area contributed by atoms with Crippen LogP contribution in [0.3, 0.4) is 0 Å². The van der Waals surface area contributed by atoms with Crippen molar-refractivity contribution in [3.63, 3.8) is 0 Å². The average molecular weight is 285 g/mol. The van der Waals surface area contributed by atoms with Gasteiger partial charge in [0.15, 0.2) is 0 Å². The van der Waals surface area contributed by atoms with Gasteiger partial charge in [-0.3, -0.25) is 4.90 Å². The van der Waals surface area contributed by atoms with Crippen LogP contribution in [0.25, 0.3) is 0 Å². The zero-order valence-electron chi connectivity index (χ0n) is 9.37. The quantitative estimate of drug-likeness (QED) is 0.850. The largest absolute Gasteiger partial charge is 0.291 e. The summed E-state index contributed by atoms with van der Waals surface area (Å²) in [5.41, 5.74) is 0.673. The van der Waals surface area contributed by atoms with Crippen molar-refractivity contribution in [2.24, 2.45) is 0 Å². The molecule has 2 nitrogen and oxygen atoms in total. The first-order chi connectivity index (χ1) is 7.54. The van der Waals surface area contributed by atoms with E-state index in [1.165, 1.54) is 6.07 Å². The van der Waals surface area contributed by atoms with E-state index in [1.54, 1.807) is 12.1 Å². The third-order valence-electron chi connectivity index (χ3n) is 2.59. The standard InChI is InChI=1S/C12H14BrFN2/c1-9(8-15)16(2)6-5-10-7-11(13)3-4-12(10)14/h3-4,7,9H,5-6H2,1-2H3. The number of nitriles is 1. The minimum absolute atomic E-state index is 0.143. The molecule has 0 bridgehead atoms. The summed E-state index contributed by atoms with van der Waals surface area (Å²) in [7, 11) is 1.86. The molecule has 0 aliphatic heterocycles. The Kier molecular flexibility index (Phi) is 4.91. The van der Waals surface area contributed by atoms with Crippen LogP contribution in [0.4, 0.5) is 4.39 Å². The number of hydrogen-bond acceptors (Lipinski definition) is 2. The van der Waals surface area contributed by atoms with Crippen LogP contribution in [0.5, 0.6) is 0 Å². The van der Waals surface area contributed by atoms with Crippen molar-refractivity contribution in [2.45, 2.75) is 19.4 Å². The molecule has 0 fully saturated rings. The van der Waals surface area contributed by atoms with Gasteiger partial charge in [0.25, 0.3) is 0 Å². The summed E-state index contributed by atoms with van der Waals surface area (Å²) in [6.45, 7) is 2.50. The molecule has 1 atom stereocenters. The second-order valence-corrected chi connectivity index (χ2v) is 4.69.